The van der Waals surface area contributed by atoms with E-state index >= 15 is 0 Å². The summed E-state index contributed by atoms with van der Waals surface area (Å²) in [6, 6.07) is 10.3. The third kappa shape index (κ3) is 2.39. The van der Waals surface area contributed by atoms with Crippen LogP contribution >= 0.6 is 0 Å². The van der Waals surface area contributed by atoms with E-state index in [1.54, 1.807) is 0 Å². The monoisotopic (exact) mass is 260 g/mol. The van der Waals surface area contributed by atoms with E-state index < -0.39 is 0 Å². The molecule has 3 heteroatoms. The Hall–Kier alpha value is -1.35. The molecule has 1 fully saturated rings. The molecule has 0 aliphatic heterocycles. The number of likely N-dealkylation sites (N-methyl/N-ethyl adjacent to an activating group) is 1. The number of benzene rings is 1. The summed E-state index contributed by atoms with van der Waals surface area (Å²) in [5.74, 6) is 0.719. The first-order chi connectivity index (χ1) is 9.20. The number of hydrogen-bond acceptors (Lipinski definition) is 2. The lowest BCUT2D eigenvalue weighted by Gasteiger charge is -2.26. The van der Waals surface area contributed by atoms with Crippen molar-refractivity contribution < 1.29 is 4.79 Å². The molecule has 1 unspecified atom stereocenters. The molecule has 1 amide bonds. The van der Waals surface area contributed by atoms with E-state index in [0.29, 0.717) is 11.8 Å². The lowest BCUT2D eigenvalue weighted by molar-refractivity contribution is -0.134. The number of hydrogen-bond donors (Lipinski definition) is 1. The average Bonchev–Trinajstić information content (AvgIpc) is 3.17. The number of carbonyl (C=O) groups excluding carboxylic acids is 1. The largest absolute Gasteiger partial charge is 0.342 e. The van der Waals surface area contributed by atoms with Gasteiger partial charge < -0.3 is 10.2 Å². The van der Waals surface area contributed by atoms with Crippen LogP contribution in [0.4, 0.5) is 0 Å². The summed E-state index contributed by atoms with van der Waals surface area (Å²) >= 11 is 0. The van der Waals surface area contributed by atoms with Crippen molar-refractivity contribution in [2.75, 3.05) is 26.7 Å². The van der Waals surface area contributed by atoms with Gasteiger partial charge >= 0.3 is 0 Å². The van der Waals surface area contributed by atoms with Crippen LogP contribution in [0, 0.1) is 5.92 Å². The van der Waals surface area contributed by atoms with Crippen molar-refractivity contribution in [3.63, 3.8) is 0 Å². The molecule has 2 atom stereocenters. The summed E-state index contributed by atoms with van der Waals surface area (Å²) in [5, 5.41) is 3.21. The molecule has 1 aliphatic carbocycles. The van der Waals surface area contributed by atoms with E-state index in [9.17, 15) is 4.79 Å². The zero-order chi connectivity index (χ0) is 13.9. The maximum Gasteiger partial charge on any atom is 0.233 e. The van der Waals surface area contributed by atoms with E-state index in [1.807, 2.05) is 30.1 Å². The quantitative estimate of drug-likeness (QED) is 0.849. The Morgan fingerprint density at radius 3 is 2.47 bits per heavy atom. The minimum absolute atomic E-state index is 0.281. The number of nitrogens with one attached hydrogen (secondary N) is 1. The third-order valence-corrected chi connectivity index (χ3v) is 4.28. The van der Waals surface area contributed by atoms with Crippen LogP contribution in [-0.2, 0) is 10.2 Å². The highest BCUT2D eigenvalue weighted by atomic mass is 16.2. The van der Waals surface area contributed by atoms with Gasteiger partial charge in [-0.05, 0) is 45.3 Å². The van der Waals surface area contributed by atoms with Gasteiger partial charge in [0.2, 0.25) is 5.91 Å². The topological polar surface area (TPSA) is 32.3 Å². The molecule has 0 saturated heterocycles. The van der Waals surface area contributed by atoms with Gasteiger partial charge in [0.25, 0.3) is 0 Å². The summed E-state index contributed by atoms with van der Waals surface area (Å²) in [4.78, 5) is 14.8. The molecule has 1 N–H and O–H groups in total. The molecule has 1 aromatic rings. The van der Waals surface area contributed by atoms with E-state index in [4.69, 9.17) is 0 Å². The van der Waals surface area contributed by atoms with E-state index in [0.717, 1.165) is 26.1 Å². The van der Waals surface area contributed by atoms with Crippen molar-refractivity contribution in [3.8, 4) is 0 Å². The number of rotatable bonds is 6. The summed E-state index contributed by atoms with van der Waals surface area (Å²) in [6.45, 7) is 6.58. The van der Waals surface area contributed by atoms with Crippen molar-refractivity contribution in [2.45, 2.75) is 25.7 Å². The number of carbonyl (C=O) groups is 1. The molecule has 1 saturated carbocycles. The molecular weight excluding hydrogens is 236 g/mol. The zero-order valence-electron chi connectivity index (χ0n) is 12.1. The van der Waals surface area contributed by atoms with Crippen LogP contribution in [-0.4, -0.2) is 37.5 Å². The maximum atomic E-state index is 12.9. The predicted molar refractivity (Wildman–Crippen MR) is 78.1 cm³/mol. The highest BCUT2D eigenvalue weighted by Gasteiger charge is 2.61. The smallest absolute Gasteiger partial charge is 0.233 e. The molecule has 1 aliphatic rings. The molecule has 104 valence electrons. The standard InChI is InChI=1S/C16H24N2O/c1-4-18(5-2)15(19)16(11-14(16)12-17-3)13-9-7-6-8-10-13/h6-10,14,17H,4-5,11-12H2,1-3H3/t14?,16-/m1/s1. The van der Waals surface area contributed by atoms with E-state index in [2.05, 4.69) is 31.3 Å². The first-order valence-corrected chi connectivity index (χ1v) is 7.20. The van der Waals surface area contributed by atoms with Gasteiger partial charge in [-0.3, -0.25) is 4.79 Å². The molecule has 1 aromatic carbocycles. The number of nitrogens with zero attached hydrogens (tertiary/aromatic N) is 1. The Bertz CT molecular complexity index is 428. The molecule has 0 bridgehead atoms. The third-order valence-electron chi connectivity index (χ3n) is 4.28. The molecule has 3 nitrogen and oxygen atoms in total. The van der Waals surface area contributed by atoms with Crippen molar-refractivity contribution >= 4 is 5.91 Å². The second-order valence-corrected chi connectivity index (χ2v) is 5.27. The Kier molecular flexibility index (Phi) is 4.25. The molecule has 0 radical (unpaired) electrons. The first-order valence-electron chi connectivity index (χ1n) is 7.20. The van der Waals surface area contributed by atoms with Gasteiger partial charge in [0.05, 0.1) is 5.41 Å². The van der Waals surface area contributed by atoms with Crippen molar-refractivity contribution in [2.24, 2.45) is 5.92 Å². The summed E-state index contributed by atoms with van der Waals surface area (Å²) in [5.41, 5.74) is 0.892. The van der Waals surface area contributed by atoms with E-state index in [1.165, 1.54) is 5.56 Å². The fourth-order valence-corrected chi connectivity index (χ4v) is 3.09. The van der Waals surface area contributed by atoms with Crippen molar-refractivity contribution in [1.82, 2.24) is 10.2 Å². The average molecular weight is 260 g/mol. The van der Waals surface area contributed by atoms with Gasteiger partial charge in [0, 0.05) is 13.1 Å². The molecule has 0 spiro atoms. The Morgan fingerprint density at radius 1 is 1.32 bits per heavy atom. The van der Waals surface area contributed by atoms with Crippen LogP contribution in [0.15, 0.2) is 30.3 Å². The summed E-state index contributed by atoms with van der Waals surface area (Å²) in [7, 11) is 1.95. The van der Waals surface area contributed by atoms with Gasteiger partial charge in [-0.15, -0.1) is 0 Å². The molecular formula is C16H24N2O. The minimum Gasteiger partial charge on any atom is -0.342 e. The zero-order valence-corrected chi connectivity index (χ0v) is 12.1. The highest BCUT2D eigenvalue weighted by molar-refractivity contribution is 5.92. The van der Waals surface area contributed by atoms with Crippen molar-refractivity contribution in [3.05, 3.63) is 35.9 Å². The minimum atomic E-state index is -0.281. The molecule has 0 heterocycles. The van der Waals surface area contributed by atoms with Gasteiger partial charge in [0.1, 0.15) is 0 Å². The van der Waals surface area contributed by atoms with Gasteiger partial charge in [-0.25, -0.2) is 0 Å². The predicted octanol–water partition coefficient (Wildman–Crippen LogP) is 2.03. The normalized spacial score (nSPS) is 25.1. The second-order valence-electron chi connectivity index (χ2n) is 5.27. The van der Waals surface area contributed by atoms with Gasteiger partial charge in [0.15, 0.2) is 0 Å². The van der Waals surface area contributed by atoms with Crippen LogP contribution in [0.5, 0.6) is 0 Å². The highest BCUT2D eigenvalue weighted by Crippen LogP contribution is 2.55. The van der Waals surface area contributed by atoms with E-state index in [-0.39, 0.29) is 5.41 Å². The molecule has 0 aromatic heterocycles. The first kappa shape index (κ1) is 14.1. The molecule has 19 heavy (non-hydrogen) atoms. The maximum absolute atomic E-state index is 12.9. The van der Waals surface area contributed by atoms with Crippen LogP contribution < -0.4 is 5.32 Å². The fourth-order valence-electron chi connectivity index (χ4n) is 3.09. The van der Waals surface area contributed by atoms with Gasteiger partial charge in [-0.1, -0.05) is 30.3 Å². The number of amides is 1. The van der Waals surface area contributed by atoms with Gasteiger partial charge in [-0.2, -0.15) is 0 Å². The summed E-state index contributed by atoms with van der Waals surface area (Å²) in [6.07, 6.45) is 0.965. The Morgan fingerprint density at radius 2 is 1.95 bits per heavy atom. The summed E-state index contributed by atoms with van der Waals surface area (Å²) < 4.78 is 0. The van der Waals surface area contributed by atoms with Crippen LogP contribution in [0.25, 0.3) is 0 Å². The van der Waals surface area contributed by atoms with Crippen molar-refractivity contribution in [1.29, 1.82) is 0 Å². The second kappa shape index (κ2) is 5.74. The lowest BCUT2D eigenvalue weighted by atomic mass is 9.91. The molecule has 2 rings (SSSR count). The SMILES string of the molecule is CCN(CC)C(=O)[C@@]1(c2ccccc2)CC1CNC. The van der Waals surface area contributed by atoms with Crippen LogP contribution in [0.2, 0.25) is 0 Å². The van der Waals surface area contributed by atoms with Crippen LogP contribution in [0.1, 0.15) is 25.8 Å². The Balaban J connectivity index is 2.30. The Labute approximate surface area is 116 Å². The fraction of sp³-hybridized carbons (Fsp3) is 0.562. The van der Waals surface area contributed by atoms with Crippen LogP contribution in [0.3, 0.4) is 0 Å². The lowest BCUT2D eigenvalue weighted by Crippen LogP contribution is -2.41.